The van der Waals surface area contributed by atoms with E-state index in [2.05, 4.69) is 31.2 Å². The van der Waals surface area contributed by atoms with Gasteiger partial charge in [-0.25, -0.2) is 0 Å². The molecule has 0 aromatic rings. The van der Waals surface area contributed by atoms with Crippen molar-refractivity contribution in [2.75, 3.05) is 0 Å². The molecular weight excluding hydrogens is 108 g/mol. The molecule has 1 atom stereocenters. The van der Waals surface area contributed by atoms with Crippen LogP contribution in [0.1, 0.15) is 13.3 Å². The topological polar surface area (TPSA) is 0 Å². The lowest BCUT2D eigenvalue weighted by Gasteiger charge is -2.01. The van der Waals surface area contributed by atoms with Gasteiger partial charge in [0.05, 0.1) is 0 Å². The molecule has 0 heteroatoms. The molecule has 0 aromatic heterocycles. The van der Waals surface area contributed by atoms with Gasteiger partial charge in [-0.15, -0.1) is 0 Å². The Hall–Kier alpha value is -0.780. The minimum atomic E-state index is 0.773. The zero-order chi connectivity index (χ0) is 6.27. The number of fused-ring (bicyclic) bond motifs is 1. The molecule has 2 aliphatic rings. The summed E-state index contributed by atoms with van der Waals surface area (Å²) in [5.41, 5.74) is 3.00. The predicted octanol–water partition coefficient (Wildman–Crippen LogP) is 2.45. The zero-order valence-electron chi connectivity index (χ0n) is 5.59. The molecule has 0 aliphatic heterocycles. The van der Waals surface area contributed by atoms with Crippen LogP contribution in [0.5, 0.6) is 0 Å². The van der Waals surface area contributed by atoms with Crippen molar-refractivity contribution in [2.45, 2.75) is 13.3 Å². The van der Waals surface area contributed by atoms with E-state index in [4.69, 9.17) is 0 Å². The van der Waals surface area contributed by atoms with Crippen molar-refractivity contribution in [2.24, 2.45) is 5.92 Å². The van der Waals surface area contributed by atoms with Crippen molar-refractivity contribution in [3.8, 4) is 0 Å². The molecular formula is C9H10. The molecule has 0 amide bonds. The highest BCUT2D eigenvalue weighted by molar-refractivity contribution is 5.52. The first-order valence-corrected chi connectivity index (χ1v) is 3.47. The highest BCUT2D eigenvalue weighted by Gasteiger charge is 2.18. The summed E-state index contributed by atoms with van der Waals surface area (Å²) < 4.78 is 0. The van der Waals surface area contributed by atoms with Crippen LogP contribution < -0.4 is 0 Å². The van der Waals surface area contributed by atoms with Gasteiger partial charge >= 0.3 is 0 Å². The van der Waals surface area contributed by atoms with Crippen LogP contribution in [-0.4, -0.2) is 0 Å². The number of allylic oxidation sites excluding steroid dienone is 6. The quantitative estimate of drug-likeness (QED) is 0.458. The van der Waals surface area contributed by atoms with E-state index in [0.29, 0.717) is 0 Å². The van der Waals surface area contributed by atoms with Gasteiger partial charge in [-0.1, -0.05) is 31.2 Å². The molecule has 1 unspecified atom stereocenters. The lowest BCUT2D eigenvalue weighted by molar-refractivity contribution is 0.741. The number of rotatable bonds is 0. The maximum atomic E-state index is 2.32. The Bertz CT molecular complexity index is 216. The van der Waals surface area contributed by atoms with E-state index in [9.17, 15) is 0 Å². The van der Waals surface area contributed by atoms with E-state index in [0.717, 1.165) is 5.92 Å². The molecule has 46 valence electrons. The monoisotopic (exact) mass is 118 g/mol. The average molecular weight is 118 g/mol. The Morgan fingerprint density at radius 1 is 1.56 bits per heavy atom. The molecule has 0 radical (unpaired) electrons. The standard InChI is InChI=1S/C9H10/c1-7-5-6-8-3-2-4-9(7)8/h2-4,6-7H,5H2,1H3. The van der Waals surface area contributed by atoms with Crippen LogP contribution >= 0.6 is 0 Å². The highest BCUT2D eigenvalue weighted by Crippen LogP contribution is 2.34. The highest BCUT2D eigenvalue weighted by atomic mass is 14.2. The summed E-state index contributed by atoms with van der Waals surface area (Å²) in [5, 5.41) is 0. The van der Waals surface area contributed by atoms with Crippen LogP contribution in [-0.2, 0) is 0 Å². The van der Waals surface area contributed by atoms with Crippen LogP contribution in [0.4, 0.5) is 0 Å². The largest absolute Gasteiger partial charge is 0.0764 e. The van der Waals surface area contributed by atoms with Gasteiger partial charge in [0.2, 0.25) is 0 Å². The molecule has 0 aromatic carbocycles. The molecule has 0 spiro atoms. The van der Waals surface area contributed by atoms with E-state index >= 15 is 0 Å². The van der Waals surface area contributed by atoms with Crippen LogP contribution in [0, 0.1) is 5.92 Å². The van der Waals surface area contributed by atoms with Crippen molar-refractivity contribution in [3.05, 3.63) is 35.5 Å². The van der Waals surface area contributed by atoms with Gasteiger partial charge < -0.3 is 0 Å². The second kappa shape index (κ2) is 1.60. The van der Waals surface area contributed by atoms with Gasteiger partial charge in [-0.2, -0.15) is 0 Å². The van der Waals surface area contributed by atoms with Gasteiger partial charge in [0, 0.05) is 0 Å². The van der Waals surface area contributed by atoms with Crippen molar-refractivity contribution >= 4 is 0 Å². The summed E-state index contributed by atoms with van der Waals surface area (Å²) in [5.74, 6) is 0.773. The molecule has 0 saturated heterocycles. The number of hydrogen-bond acceptors (Lipinski definition) is 0. The Balaban J connectivity index is 2.42. The van der Waals surface area contributed by atoms with E-state index in [1.807, 2.05) is 0 Å². The normalized spacial score (nSPS) is 30.1. The second-order valence-corrected chi connectivity index (χ2v) is 2.78. The first kappa shape index (κ1) is 5.04. The molecule has 2 rings (SSSR count). The van der Waals surface area contributed by atoms with Gasteiger partial charge in [-0.05, 0) is 23.5 Å². The molecule has 0 heterocycles. The third-order valence-corrected chi connectivity index (χ3v) is 2.11. The summed E-state index contributed by atoms with van der Waals surface area (Å²) in [6, 6.07) is 0. The second-order valence-electron chi connectivity index (χ2n) is 2.78. The third-order valence-electron chi connectivity index (χ3n) is 2.11. The SMILES string of the molecule is CC1CC=C2C=CC=C21. The van der Waals surface area contributed by atoms with E-state index < -0.39 is 0 Å². The van der Waals surface area contributed by atoms with Gasteiger partial charge in [0.15, 0.2) is 0 Å². The molecule has 9 heavy (non-hydrogen) atoms. The number of hydrogen-bond donors (Lipinski definition) is 0. The van der Waals surface area contributed by atoms with Crippen LogP contribution in [0.2, 0.25) is 0 Å². The van der Waals surface area contributed by atoms with Crippen LogP contribution in [0.3, 0.4) is 0 Å². The van der Waals surface area contributed by atoms with Gasteiger partial charge in [0.1, 0.15) is 0 Å². The minimum absolute atomic E-state index is 0.773. The first-order chi connectivity index (χ1) is 4.38. The van der Waals surface area contributed by atoms with Crippen molar-refractivity contribution < 1.29 is 0 Å². The first-order valence-electron chi connectivity index (χ1n) is 3.47. The van der Waals surface area contributed by atoms with Crippen molar-refractivity contribution in [1.82, 2.24) is 0 Å². The van der Waals surface area contributed by atoms with E-state index in [-0.39, 0.29) is 0 Å². The fourth-order valence-electron chi connectivity index (χ4n) is 1.51. The smallest absolute Gasteiger partial charge is 0.0150 e. The Kier molecular flexibility index (Phi) is 0.895. The molecule has 0 N–H and O–H groups in total. The summed E-state index contributed by atoms with van der Waals surface area (Å²) in [6.07, 6.45) is 10.1. The Labute approximate surface area is 55.6 Å². The zero-order valence-corrected chi connectivity index (χ0v) is 5.59. The van der Waals surface area contributed by atoms with Gasteiger partial charge in [-0.3, -0.25) is 0 Å². The fourth-order valence-corrected chi connectivity index (χ4v) is 1.51. The third kappa shape index (κ3) is 0.593. The summed E-state index contributed by atoms with van der Waals surface area (Å²) in [6.45, 7) is 2.28. The maximum Gasteiger partial charge on any atom is -0.0150 e. The van der Waals surface area contributed by atoms with Gasteiger partial charge in [0.25, 0.3) is 0 Å². The lowest BCUT2D eigenvalue weighted by atomic mass is 10.0. The van der Waals surface area contributed by atoms with E-state index in [1.54, 1.807) is 0 Å². The Morgan fingerprint density at radius 3 is 3.22 bits per heavy atom. The Morgan fingerprint density at radius 2 is 2.44 bits per heavy atom. The fraction of sp³-hybridized carbons (Fsp3) is 0.333. The molecule has 0 fully saturated rings. The van der Waals surface area contributed by atoms with Crippen LogP contribution in [0.25, 0.3) is 0 Å². The van der Waals surface area contributed by atoms with E-state index in [1.165, 1.54) is 17.6 Å². The maximum absolute atomic E-state index is 2.32. The summed E-state index contributed by atoms with van der Waals surface area (Å²) in [7, 11) is 0. The molecule has 0 saturated carbocycles. The molecule has 0 bridgehead atoms. The predicted molar refractivity (Wildman–Crippen MR) is 39.1 cm³/mol. The van der Waals surface area contributed by atoms with Crippen molar-refractivity contribution in [1.29, 1.82) is 0 Å². The average Bonchev–Trinajstić information content (AvgIpc) is 2.35. The molecule has 0 nitrogen and oxygen atoms in total. The minimum Gasteiger partial charge on any atom is -0.0764 e. The molecule has 2 aliphatic carbocycles. The van der Waals surface area contributed by atoms with Crippen molar-refractivity contribution in [3.63, 3.8) is 0 Å². The summed E-state index contributed by atoms with van der Waals surface area (Å²) in [4.78, 5) is 0. The van der Waals surface area contributed by atoms with Crippen LogP contribution in [0.15, 0.2) is 35.5 Å². The summed E-state index contributed by atoms with van der Waals surface area (Å²) >= 11 is 0. The lowest BCUT2D eigenvalue weighted by Crippen LogP contribution is -1.88.